The van der Waals surface area contributed by atoms with Crippen molar-refractivity contribution in [1.82, 2.24) is 9.21 Å². The van der Waals surface area contributed by atoms with Gasteiger partial charge in [0, 0.05) is 26.2 Å². The summed E-state index contributed by atoms with van der Waals surface area (Å²) < 4.78 is 25.3. The molecule has 1 rings (SSSR count). The molecule has 5 heteroatoms. The lowest BCUT2D eigenvalue weighted by molar-refractivity contribution is 0.188. The fraction of sp³-hybridized carbons (Fsp3) is 1.00. The summed E-state index contributed by atoms with van der Waals surface area (Å²) in [6.07, 6.45) is 1.14. The van der Waals surface area contributed by atoms with Crippen molar-refractivity contribution in [3.63, 3.8) is 0 Å². The van der Waals surface area contributed by atoms with Crippen LogP contribution in [-0.4, -0.2) is 55.6 Å². The first-order chi connectivity index (χ1) is 6.98. The zero-order chi connectivity index (χ0) is 11.5. The number of hydrogen-bond acceptors (Lipinski definition) is 3. The van der Waals surface area contributed by atoms with E-state index in [2.05, 4.69) is 11.8 Å². The normalized spacial score (nSPS) is 21.1. The predicted octanol–water partition coefficient (Wildman–Crippen LogP) is 0.752. The van der Waals surface area contributed by atoms with Crippen LogP contribution in [-0.2, 0) is 10.0 Å². The number of sulfonamides is 1. The Kier molecular flexibility index (Phi) is 4.55. The molecule has 0 atom stereocenters. The Hall–Kier alpha value is -0.130. The van der Waals surface area contributed by atoms with Crippen LogP contribution in [0, 0.1) is 0 Å². The molecule has 0 aromatic rings. The maximum absolute atomic E-state index is 11.9. The number of rotatable bonds is 4. The zero-order valence-electron chi connectivity index (χ0n) is 9.94. The molecule has 0 aliphatic carbocycles. The maximum Gasteiger partial charge on any atom is 0.216 e. The van der Waals surface area contributed by atoms with Crippen molar-refractivity contribution in [3.8, 4) is 0 Å². The van der Waals surface area contributed by atoms with Crippen molar-refractivity contribution in [2.75, 3.05) is 32.7 Å². The third kappa shape index (κ3) is 3.16. The van der Waals surface area contributed by atoms with Gasteiger partial charge >= 0.3 is 0 Å². The minimum atomic E-state index is -3.03. The average molecular weight is 234 g/mol. The number of nitrogens with zero attached hydrogens (tertiary/aromatic N) is 2. The Balaban J connectivity index is 2.51. The van der Waals surface area contributed by atoms with Gasteiger partial charge in [-0.3, -0.25) is 0 Å². The molecule has 0 unspecified atom stereocenters. The molecule has 4 nitrogen and oxygen atoms in total. The lowest BCUT2D eigenvalue weighted by Crippen LogP contribution is -2.50. The van der Waals surface area contributed by atoms with Crippen LogP contribution >= 0.6 is 0 Å². The summed E-state index contributed by atoms with van der Waals surface area (Å²) in [5.41, 5.74) is 0. The van der Waals surface area contributed by atoms with Gasteiger partial charge in [0.2, 0.25) is 10.0 Å². The van der Waals surface area contributed by atoms with Gasteiger partial charge in [-0.15, -0.1) is 0 Å². The summed E-state index contributed by atoms with van der Waals surface area (Å²) in [5, 5.41) is -0.296. The fourth-order valence-corrected chi connectivity index (χ4v) is 3.09. The smallest absolute Gasteiger partial charge is 0.216 e. The molecule has 1 aliphatic heterocycles. The Morgan fingerprint density at radius 3 is 2.07 bits per heavy atom. The lowest BCUT2D eigenvalue weighted by Gasteiger charge is -2.34. The number of hydrogen-bond donors (Lipinski definition) is 0. The second-order valence-corrected chi connectivity index (χ2v) is 6.82. The molecule has 0 radical (unpaired) electrons. The van der Waals surface area contributed by atoms with Crippen LogP contribution in [0.2, 0.25) is 0 Å². The Labute approximate surface area is 93.3 Å². The summed E-state index contributed by atoms with van der Waals surface area (Å²) in [5.74, 6) is 0. The molecule has 0 aromatic heterocycles. The van der Waals surface area contributed by atoms with E-state index in [0.29, 0.717) is 13.1 Å². The molecule has 90 valence electrons. The Morgan fingerprint density at radius 2 is 1.67 bits per heavy atom. The van der Waals surface area contributed by atoms with E-state index in [-0.39, 0.29) is 5.25 Å². The Bertz CT molecular complexity index is 280. The van der Waals surface area contributed by atoms with E-state index in [9.17, 15) is 8.42 Å². The van der Waals surface area contributed by atoms with E-state index in [1.807, 2.05) is 0 Å². The van der Waals surface area contributed by atoms with E-state index < -0.39 is 10.0 Å². The molecular weight excluding hydrogens is 212 g/mol. The number of piperazine rings is 1. The maximum atomic E-state index is 11.9. The third-order valence-corrected chi connectivity index (χ3v) is 5.10. The largest absolute Gasteiger partial charge is 0.301 e. The highest BCUT2D eigenvalue weighted by molar-refractivity contribution is 7.89. The van der Waals surface area contributed by atoms with Gasteiger partial charge in [0.1, 0.15) is 0 Å². The van der Waals surface area contributed by atoms with Crippen LogP contribution in [0.3, 0.4) is 0 Å². The quantitative estimate of drug-likeness (QED) is 0.721. The summed E-state index contributed by atoms with van der Waals surface area (Å²) in [6.45, 7) is 9.77. The molecule has 15 heavy (non-hydrogen) atoms. The van der Waals surface area contributed by atoms with E-state index in [1.54, 1.807) is 18.2 Å². The van der Waals surface area contributed by atoms with E-state index in [0.717, 1.165) is 26.1 Å². The minimum Gasteiger partial charge on any atom is -0.301 e. The van der Waals surface area contributed by atoms with Gasteiger partial charge in [-0.1, -0.05) is 6.92 Å². The second-order valence-electron chi connectivity index (χ2n) is 4.33. The van der Waals surface area contributed by atoms with Crippen molar-refractivity contribution in [2.24, 2.45) is 0 Å². The third-order valence-electron chi connectivity index (χ3n) is 2.83. The topological polar surface area (TPSA) is 40.6 Å². The summed E-state index contributed by atoms with van der Waals surface area (Å²) in [6, 6.07) is 0. The fourth-order valence-electron chi connectivity index (χ4n) is 1.82. The van der Waals surface area contributed by atoms with Crippen molar-refractivity contribution >= 4 is 10.0 Å². The predicted molar refractivity (Wildman–Crippen MR) is 62.4 cm³/mol. The summed E-state index contributed by atoms with van der Waals surface area (Å²) in [4.78, 5) is 2.33. The summed E-state index contributed by atoms with van der Waals surface area (Å²) in [7, 11) is -3.03. The van der Waals surface area contributed by atoms with Crippen LogP contribution in [0.4, 0.5) is 0 Å². The highest BCUT2D eigenvalue weighted by Crippen LogP contribution is 2.12. The molecule has 0 aromatic carbocycles. The molecule has 0 spiro atoms. The molecule has 1 heterocycles. The Morgan fingerprint density at radius 1 is 1.13 bits per heavy atom. The zero-order valence-corrected chi connectivity index (χ0v) is 10.8. The van der Waals surface area contributed by atoms with Gasteiger partial charge in [0.05, 0.1) is 5.25 Å². The standard InChI is InChI=1S/C10H22N2O2S/c1-4-5-11-6-8-12(9-7-11)15(13,14)10(2)3/h10H,4-9H2,1-3H3. The van der Waals surface area contributed by atoms with E-state index in [4.69, 9.17) is 0 Å². The van der Waals surface area contributed by atoms with E-state index >= 15 is 0 Å². The SMILES string of the molecule is CCCN1CCN(S(=O)(=O)C(C)C)CC1. The molecule has 1 aliphatic rings. The van der Waals surface area contributed by atoms with Gasteiger partial charge in [0.15, 0.2) is 0 Å². The lowest BCUT2D eigenvalue weighted by atomic mass is 10.3. The van der Waals surface area contributed by atoms with Crippen LogP contribution in [0.5, 0.6) is 0 Å². The molecule has 0 bridgehead atoms. The molecular formula is C10H22N2O2S. The van der Waals surface area contributed by atoms with Gasteiger partial charge in [-0.25, -0.2) is 8.42 Å². The molecule has 0 N–H and O–H groups in total. The van der Waals surface area contributed by atoms with Gasteiger partial charge < -0.3 is 4.90 Å². The first-order valence-electron chi connectivity index (χ1n) is 5.69. The first-order valence-corrected chi connectivity index (χ1v) is 7.20. The van der Waals surface area contributed by atoms with Gasteiger partial charge in [0.25, 0.3) is 0 Å². The van der Waals surface area contributed by atoms with Crippen LogP contribution in [0.15, 0.2) is 0 Å². The van der Waals surface area contributed by atoms with Crippen LogP contribution in [0.25, 0.3) is 0 Å². The molecule has 1 fully saturated rings. The van der Waals surface area contributed by atoms with E-state index in [1.165, 1.54) is 0 Å². The minimum absolute atomic E-state index is 0.296. The second kappa shape index (κ2) is 5.27. The van der Waals surface area contributed by atoms with Gasteiger partial charge in [-0.05, 0) is 26.8 Å². The van der Waals surface area contributed by atoms with Crippen LogP contribution < -0.4 is 0 Å². The first kappa shape index (κ1) is 12.9. The van der Waals surface area contributed by atoms with Crippen LogP contribution in [0.1, 0.15) is 27.2 Å². The van der Waals surface area contributed by atoms with Crippen molar-refractivity contribution in [3.05, 3.63) is 0 Å². The van der Waals surface area contributed by atoms with Crippen molar-refractivity contribution in [2.45, 2.75) is 32.4 Å². The van der Waals surface area contributed by atoms with Crippen molar-refractivity contribution < 1.29 is 8.42 Å². The summed E-state index contributed by atoms with van der Waals surface area (Å²) >= 11 is 0. The molecule has 0 amide bonds. The molecule has 0 saturated carbocycles. The average Bonchev–Trinajstić information content (AvgIpc) is 2.19. The highest BCUT2D eigenvalue weighted by Gasteiger charge is 2.28. The van der Waals surface area contributed by atoms with Gasteiger partial charge in [-0.2, -0.15) is 4.31 Å². The monoisotopic (exact) mass is 234 g/mol. The van der Waals surface area contributed by atoms with Crippen molar-refractivity contribution in [1.29, 1.82) is 0 Å². The molecule has 1 saturated heterocycles. The highest BCUT2D eigenvalue weighted by atomic mass is 32.2.